The average Bonchev–Trinajstić information content (AvgIpc) is 3.21. The molecule has 34 heavy (non-hydrogen) atoms. The van der Waals surface area contributed by atoms with Gasteiger partial charge in [-0.25, -0.2) is 15.0 Å². The Hall–Kier alpha value is -2.88. The Balaban J connectivity index is 2.00. The van der Waals surface area contributed by atoms with E-state index in [9.17, 15) is 13.2 Å². The third-order valence-corrected chi connectivity index (χ3v) is 6.19. The van der Waals surface area contributed by atoms with Crippen molar-refractivity contribution in [2.24, 2.45) is 4.99 Å². The van der Waals surface area contributed by atoms with Gasteiger partial charge in [-0.15, -0.1) is 0 Å². The Bertz CT molecular complexity index is 1300. The molecule has 1 aliphatic rings. The van der Waals surface area contributed by atoms with Crippen LogP contribution < -0.4 is 4.74 Å². The van der Waals surface area contributed by atoms with Crippen LogP contribution in [0.4, 0.5) is 19.0 Å². The molecule has 1 atom stereocenters. The van der Waals surface area contributed by atoms with Gasteiger partial charge in [0.1, 0.15) is 0 Å². The summed E-state index contributed by atoms with van der Waals surface area (Å²) in [4.78, 5) is 12.5. The molecule has 4 rings (SSSR count). The smallest absolute Gasteiger partial charge is 0.435 e. The molecule has 0 fully saturated rings. The van der Waals surface area contributed by atoms with Crippen LogP contribution in [0, 0.1) is 0 Å². The van der Waals surface area contributed by atoms with Gasteiger partial charge in [-0.3, -0.25) is 0 Å². The molecule has 0 saturated heterocycles. The molecule has 1 aromatic carbocycles. The van der Waals surface area contributed by atoms with Crippen LogP contribution in [0.2, 0.25) is 0 Å². The molecule has 0 aliphatic heterocycles. The lowest BCUT2D eigenvalue weighted by atomic mass is 9.91. The second-order valence-electron chi connectivity index (χ2n) is 7.10. The van der Waals surface area contributed by atoms with Crippen molar-refractivity contribution in [3.63, 3.8) is 0 Å². The zero-order valence-electron chi connectivity index (χ0n) is 17.4. The number of alkyl halides is 3. The molecule has 0 saturated carbocycles. The van der Waals surface area contributed by atoms with Crippen molar-refractivity contribution in [3.05, 3.63) is 80.7 Å². The number of aromatic nitrogens is 4. The molecule has 0 radical (unpaired) electrons. The number of methoxy groups -OCH3 is 1. The lowest BCUT2D eigenvalue weighted by Crippen LogP contribution is -2.13. The summed E-state index contributed by atoms with van der Waals surface area (Å²) >= 11 is 18.4. The van der Waals surface area contributed by atoms with E-state index in [2.05, 4.69) is 20.1 Å². The fourth-order valence-electron chi connectivity index (χ4n) is 3.43. The van der Waals surface area contributed by atoms with E-state index in [1.54, 1.807) is 24.3 Å². The molecule has 1 aliphatic carbocycles. The number of hydrogen-bond donors (Lipinski definition) is 0. The van der Waals surface area contributed by atoms with E-state index in [1.165, 1.54) is 31.8 Å². The highest BCUT2D eigenvalue weighted by Gasteiger charge is 2.42. The molecule has 0 N–H and O–H groups in total. The second-order valence-corrected chi connectivity index (χ2v) is 8.34. The SMILES string of the molecule is COc1nccnc1-n1nc(C(F)(F)F)c(C2C=C(Cl)C(Cl)=C(Cl)C2)c1/N=C/c1ccccc1. The van der Waals surface area contributed by atoms with Crippen LogP contribution in [0.3, 0.4) is 0 Å². The van der Waals surface area contributed by atoms with Crippen molar-refractivity contribution in [1.82, 2.24) is 19.7 Å². The number of halogens is 6. The molecule has 1 unspecified atom stereocenters. The Morgan fingerprint density at radius 2 is 1.82 bits per heavy atom. The molecular formula is C22H15Cl3F3N5O. The molecule has 176 valence electrons. The molecule has 12 heteroatoms. The Morgan fingerprint density at radius 3 is 2.47 bits per heavy atom. The molecule has 6 nitrogen and oxygen atoms in total. The van der Waals surface area contributed by atoms with Gasteiger partial charge in [-0.2, -0.15) is 23.0 Å². The fraction of sp³-hybridized carbons (Fsp3) is 0.182. The molecule has 0 amide bonds. The summed E-state index contributed by atoms with van der Waals surface area (Å²) in [5.74, 6) is -1.12. The van der Waals surface area contributed by atoms with Crippen molar-refractivity contribution in [2.75, 3.05) is 7.11 Å². The van der Waals surface area contributed by atoms with Gasteiger partial charge in [-0.1, -0.05) is 71.2 Å². The van der Waals surface area contributed by atoms with Gasteiger partial charge in [0.2, 0.25) is 5.82 Å². The maximum Gasteiger partial charge on any atom is 0.435 e. The molecule has 2 heterocycles. The molecule has 3 aromatic rings. The highest BCUT2D eigenvalue weighted by Crippen LogP contribution is 2.47. The first-order valence-corrected chi connectivity index (χ1v) is 10.9. The van der Waals surface area contributed by atoms with Gasteiger partial charge in [-0.05, 0) is 12.0 Å². The first kappa shape index (κ1) is 24.3. The molecule has 2 aromatic heterocycles. The van der Waals surface area contributed by atoms with Crippen LogP contribution in [0.5, 0.6) is 5.88 Å². The van der Waals surface area contributed by atoms with E-state index in [0.29, 0.717) is 5.56 Å². The third kappa shape index (κ3) is 4.82. The Kier molecular flexibility index (Phi) is 6.97. The monoisotopic (exact) mass is 527 g/mol. The summed E-state index contributed by atoms with van der Waals surface area (Å²) in [7, 11) is 1.33. The number of allylic oxidation sites excluding steroid dienone is 4. The molecular weight excluding hydrogens is 514 g/mol. The highest BCUT2D eigenvalue weighted by molar-refractivity contribution is 6.48. The van der Waals surface area contributed by atoms with E-state index in [0.717, 1.165) is 4.68 Å². The van der Waals surface area contributed by atoms with E-state index in [1.807, 2.05) is 6.07 Å². The Labute approximate surface area is 207 Å². The van der Waals surface area contributed by atoms with Crippen LogP contribution in [0.1, 0.15) is 29.2 Å². The minimum absolute atomic E-state index is 0.0170. The second kappa shape index (κ2) is 9.77. The van der Waals surface area contributed by atoms with Gasteiger partial charge in [0.25, 0.3) is 5.88 Å². The van der Waals surface area contributed by atoms with Crippen molar-refractivity contribution in [3.8, 4) is 11.7 Å². The molecule has 0 spiro atoms. The maximum atomic E-state index is 14.2. The van der Waals surface area contributed by atoms with Crippen LogP contribution in [0.25, 0.3) is 5.82 Å². The number of rotatable bonds is 5. The topological polar surface area (TPSA) is 65.2 Å². The van der Waals surface area contributed by atoms with Gasteiger partial charge in [0.15, 0.2) is 11.5 Å². The largest absolute Gasteiger partial charge is 0.478 e. The maximum absolute atomic E-state index is 14.2. The zero-order chi connectivity index (χ0) is 24.5. The lowest BCUT2D eigenvalue weighted by molar-refractivity contribution is -0.142. The number of benzene rings is 1. The van der Waals surface area contributed by atoms with Crippen molar-refractivity contribution >= 4 is 46.8 Å². The van der Waals surface area contributed by atoms with Crippen molar-refractivity contribution in [1.29, 1.82) is 0 Å². The number of hydrogen-bond acceptors (Lipinski definition) is 5. The summed E-state index contributed by atoms with van der Waals surface area (Å²) in [6.07, 6.45) is 0.663. The quantitative estimate of drug-likeness (QED) is 0.344. The predicted octanol–water partition coefficient (Wildman–Crippen LogP) is 6.74. The van der Waals surface area contributed by atoms with E-state index in [4.69, 9.17) is 39.5 Å². The lowest BCUT2D eigenvalue weighted by Gasteiger charge is -2.20. The summed E-state index contributed by atoms with van der Waals surface area (Å²) in [5.41, 5.74) is -0.722. The number of ether oxygens (including phenoxy) is 1. The zero-order valence-corrected chi connectivity index (χ0v) is 19.7. The first-order chi connectivity index (χ1) is 16.2. The summed E-state index contributed by atoms with van der Waals surface area (Å²) < 4.78 is 48.8. The normalized spacial score (nSPS) is 16.8. The van der Waals surface area contributed by atoms with Crippen LogP contribution in [-0.2, 0) is 6.18 Å². The average molecular weight is 529 g/mol. The van der Waals surface area contributed by atoms with Gasteiger partial charge in [0, 0.05) is 35.1 Å². The summed E-state index contributed by atoms with van der Waals surface area (Å²) in [6, 6.07) is 8.89. The van der Waals surface area contributed by atoms with Gasteiger partial charge < -0.3 is 4.74 Å². The highest BCUT2D eigenvalue weighted by atomic mass is 35.5. The van der Waals surface area contributed by atoms with Crippen LogP contribution in [-0.4, -0.2) is 33.1 Å². The fourth-order valence-corrected chi connectivity index (χ4v) is 4.15. The van der Waals surface area contributed by atoms with Crippen molar-refractivity contribution < 1.29 is 17.9 Å². The standard InChI is InChI=1S/C22H15Cl3F3N5O/c1-34-21-20(29-7-8-30-21)33-19(31-11-12-5-3-2-4-6-12)16(18(32-33)22(26,27)28)13-9-14(23)17(25)15(24)10-13/h2-9,11,13H,10H2,1H3/b31-11+. The Morgan fingerprint density at radius 1 is 1.12 bits per heavy atom. The van der Waals surface area contributed by atoms with Gasteiger partial charge in [0.05, 0.1) is 17.2 Å². The summed E-state index contributed by atoms with van der Waals surface area (Å²) in [5, 5.41) is 4.11. The van der Waals surface area contributed by atoms with E-state index >= 15 is 0 Å². The number of aliphatic imine (C=N–C) groups is 1. The van der Waals surface area contributed by atoms with Crippen molar-refractivity contribution in [2.45, 2.75) is 18.5 Å². The van der Waals surface area contributed by atoms with E-state index < -0.39 is 17.8 Å². The van der Waals surface area contributed by atoms with Crippen LogP contribution in [0.15, 0.2) is 68.9 Å². The number of nitrogens with zero attached hydrogens (tertiary/aromatic N) is 5. The van der Waals surface area contributed by atoms with Crippen LogP contribution >= 0.6 is 34.8 Å². The minimum atomic E-state index is -4.81. The van der Waals surface area contributed by atoms with E-state index in [-0.39, 0.29) is 44.6 Å². The summed E-state index contributed by atoms with van der Waals surface area (Å²) in [6.45, 7) is 0. The first-order valence-electron chi connectivity index (χ1n) is 9.77. The third-order valence-electron chi connectivity index (χ3n) is 4.91. The predicted molar refractivity (Wildman–Crippen MR) is 124 cm³/mol. The van der Waals surface area contributed by atoms with Gasteiger partial charge >= 0.3 is 6.18 Å². The molecule has 0 bridgehead atoms. The minimum Gasteiger partial charge on any atom is -0.478 e.